The summed E-state index contributed by atoms with van der Waals surface area (Å²) >= 11 is 7.58. The Morgan fingerprint density at radius 1 is 1.17 bits per heavy atom. The van der Waals surface area contributed by atoms with Gasteiger partial charge in [-0.3, -0.25) is 0 Å². The molecule has 0 saturated heterocycles. The number of nitrogens with zero attached hydrogens (tertiary/aromatic N) is 2. The van der Waals surface area contributed by atoms with Crippen molar-refractivity contribution < 1.29 is 5.11 Å². The minimum atomic E-state index is -0.00921. The summed E-state index contributed by atoms with van der Waals surface area (Å²) in [5.74, 6) is 0. The second kappa shape index (κ2) is 5.69. The minimum Gasteiger partial charge on any atom is -0.392 e. The molecule has 0 radical (unpaired) electrons. The molecule has 0 unspecified atom stereocenters. The summed E-state index contributed by atoms with van der Waals surface area (Å²) in [6.45, 7) is 3.87. The van der Waals surface area contributed by atoms with Crippen LogP contribution >= 0.6 is 23.4 Å². The number of benzene rings is 1. The highest BCUT2D eigenvalue weighted by atomic mass is 35.5. The minimum absolute atomic E-state index is 0.00921. The van der Waals surface area contributed by atoms with Crippen LogP contribution in [0.1, 0.15) is 17.0 Å². The fourth-order valence-corrected chi connectivity index (χ4v) is 2.75. The Morgan fingerprint density at radius 2 is 1.83 bits per heavy atom. The summed E-state index contributed by atoms with van der Waals surface area (Å²) in [5, 5.41) is 10.3. The van der Waals surface area contributed by atoms with Crippen molar-refractivity contribution in [1.29, 1.82) is 0 Å². The maximum Gasteiger partial charge on any atom is 0.192 e. The van der Waals surface area contributed by atoms with Crippen LogP contribution in [0.2, 0.25) is 5.02 Å². The predicted molar refractivity (Wildman–Crippen MR) is 73.0 cm³/mol. The van der Waals surface area contributed by atoms with Crippen LogP contribution in [-0.4, -0.2) is 15.1 Å². The Labute approximate surface area is 115 Å². The van der Waals surface area contributed by atoms with Gasteiger partial charge in [-0.2, -0.15) is 0 Å². The molecule has 2 aromatic rings. The van der Waals surface area contributed by atoms with Crippen molar-refractivity contribution in [2.24, 2.45) is 0 Å². The molecule has 0 saturated carbocycles. The highest BCUT2D eigenvalue weighted by Gasteiger charge is 2.07. The van der Waals surface area contributed by atoms with E-state index in [1.54, 1.807) is 6.07 Å². The van der Waals surface area contributed by atoms with Crippen LogP contribution in [0.3, 0.4) is 0 Å². The molecule has 0 atom stereocenters. The highest BCUT2D eigenvalue weighted by Crippen LogP contribution is 2.32. The van der Waals surface area contributed by atoms with Crippen molar-refractivity contribution in [3.05, 3.63) is 46.2 Å². The Morgan fingerprint density at radius 3 is 2.39 bits per heavy atom. The normalized spacial score (nSPS) is 10.7. The number of aliphatic hydroxyl groups excluding tert-OH is 1. The van der Waals surface area contributed by atoms with E-state index >= 15 is 0 Å². The Hall–Kier alpha value is -1.10. The first-order valence-electron chi connectivity index (χ1n) is 5.48. The van der Waals surface area contributed by atoms with E-state index in [0.29, 0.717) is 10.2 Å². The summed E-state index contributed by atoms with van der Waals surface area (Å²) in [4.78, 5) is 9.60. The van der Waals surface area contributed by atoms with Gasteiger partial charge in [-0.15, -0.1) is 0 Å². The monoisotopic (exact) mass is 280 g/mol. The highest BCUT2D eigenvalue weighted by molar-refractivity contribution is 7.99. The number of aryl methyl sites for hydroxylation is 2. The molecule has 1 aromatic heterocycles. The second-order valence-corrected chi connectivity index (χ2v) is 5.37. The van der Waals surface area contributed by atoms with E-state index < -0.39 is 0 Å². The van der Waals surface area contributed by atoms with Gasteiger partial charge < -0.3 is 5.11 Å². The van der Waals surface area contributed by atoms with E-state index in [2.05, 4.69) is 9.97 Å². The summed E-state index contributed by atoms with van der Waals surface area (Å²) < 4.78 is 0. The molecule has 0 bridgehead atoms. The zero-order chi connectivity index (χ0) is 13.1. The molecule has 5 heteroatoms. The molecule has 2 rings (SSSR count). The van der Waals surface area contributed by atoms with Crippen molar-refractivity contribution in [2.75, 3.05) is 0 Å². The number of hydrogen-bond acceptors (Lipinski definition) is 4. The zero-order valence-electron chi connectivity index (χ0n) is 10.1. The molecule has 0 aliphatic heterocycles. The lowest BCUT2D eigenvalue weighted by molar-refractivity contribution is 0.282. The first kappa shape index (κ1) is 13.3. The fraction of sp³-hybridized carbons (Fsp3) is 0.231. The summed E-state index contributed by atoms with van der Waals surface area (Å²) in [6.07, 6.45) is 0. The number of aromatic nitrogens is 2. The van der Waals surface area contributed by atoms with Gasteiger partial charge in [0.25, 0.3) is 0 Å². The Kier molecular flexibility index (Phi) is 4.22. The van der Waals surface area contributed by atoms with Crippen LogP contribution in [0.15, 0.2) is 34.3 Å². The van der Waals surface area contributed by atoms with E-state index in [-0.39, 0.29) is 6.61 Å². The lowest BCUT2D eigenvalue weighted by Gasteiger charge is -2.06. The molecule has 1 heterocycles. The van der Waals surface area contributed by atoms with E-state index in [0.717, 1.165) is 21.8 Å². The number of aliphatic hydroxyl groups is 1. The van der Waals surface area contributed by atoms with Gasteiger partial charge in [0.15, 0.2) is 5.16 Å². The van der Waals surface area contributed by atoms with Gasteiger partial charge in [0.05, 0.1) is 11.6 Å². The van der Waals surface area contributed by atoms with E-state index in [4.69, 9.17) is 16.7 Å². The average molecular weight is 281 g/mol. The fourth-order valence-electron chi connectivity index (χ4n) is 1.56. The van der Waals surface area contributed by atoms with Crippen molar-refractivity contribution in [3.63, 3.8) is 0 Å². The molecule has 0 fully saturated rings. The van der Waals surface area contributed by atoms with E-state index in [9.17, 15) is 0 Å². The van der Waals surface area contributed by atoms with Crippen molar-refractivity contribution in [2.45, 2.75) is 30.5 Å². The topological polar surface area (TPSA) is 46.0 Å². The lowest BCUT2D eigenvalue weighted by Crippen LogP contribution is -1.93. The maximum absolute atomic E-state index is 9.03. The van der Waals surface area contributed by atoms with Crippen molar-refractivity contribution in [1.82, 2.24) is 9.97 Å². The first-order chi connectivity index (χ1) is 8.58. The number of rotatable bonds is 3. The zero-order valence-corrected chi connectivity index (χ0v) is 11.7. The third-order valence-electron chi connectivity index (χ3n) is 2.34. The van der Waals surface area contributed by atoms with Gasteiger partial charge in [0.1, 0.15) is 0 Å². The second-order valence-electron chi connectivity index (χ2n) is 3.96. The molecule has 0 spiro atoms. The van der Waals surface area contributed by atoms with Crippen LogP contribution < -0.4 is 0 Å². The molecule has 1 N–H and O–H groups in total. The van der Waals surface area contributed by atoms with Crippen LogP contribution in [0.25, 0.3) is 0 Å². The SMILES string of the molecule is Cc1cc(C)nc(Sc2ccc(CO)cc2Cl)n1. The smallest absolute Gasteiger partial charge is 0.192 e. The first-order valence-corrected chi connectivity index (χ1v) is 6.67. The van der Waals surface area contributed by atoms with Crippen LogP contribution in [0.4, 0.5) is 0 Å². The van der Waals surface area contributed by atoms with Crippen LogP contribution in [-0.2, 0) is 6.61 Å². The molecular formula is C13H13ClN2OS. The van der Waals surface area contributed by atoms with Crippen molar-refractivity contribution in [3.8, 4) is 0 Å². The molecule has 0 aliphatic rings. The number of hydrogen-bond donors (Lipinski definition) is 1. The maximum atomic E-state index is 9.03. The van der Waals surface area contributed by atoms with Gasteiger partial charge in [0.2, 0.25) is 0 Å². The summed E-state index contributed by atoms with van der Waals surface area (Å²) in [7, 11) is 0. The third kappa shape index (κ3) is 3.22. The molecule has 18 heavy (non-hydrogen) atoms. The van der Waals surface area contributed by atoms with Gasteiger partial charge in [-0.1, -0.05) is 17.7 Å². The molecule has 1 aromatic carbocycles. The van der Waals surface area contributed by atoms with E-state index in [1.807, 2.05) is 32.0 Å². The summed E-state index contributed by atoms with van der Waals surface area (Å²) in [5.41, 5.74) is 2.67. The van der Waals surface area contributed by atoms with Gasteiger partial charge in [0, 0.05) is 16.3 Å². The molecular weight excluding hydrogens is 268 g/mol. The molecule has 3 nitrogen and oxygen atoms in total. The third-order valence-corrected chi connectivity index (χ3v) is 3.71. The van der Waals surface area contributed by atoms with Crippen LogP contribution in [0, 0.1) is 13.8 Å². The van der Waals surface area contributed by atoms with E-state index in [1.165, 1.54) is 11.8 Å². The standard InChI is InChI=1S/C13H13ClN2OS/c1-8-5-9(2)16-13(15-8)18-12-4-3-10(7-17)6-11(12)14/h3-6,17H,7H2,1-2H3. The quantitative estimate of drug-likeness (QED) is 0.876. The number of halogens is 1. The van der Waals surface area contributed by atoms with Gasteiger partial charge in [-0.25, -0.2) is 9.97 Å². The average Bonchev–Trinajstić information content (AvgIpc) is 2.30. The Bertz CT molecular complexity index is 555. The largest absolute Gasteiger partial charge is 0.392 e. The van der Waals surface area contributed by atoms with Crippen molar-refractivity contribution >= 4 is 23.4 Å². The summed E-state index contributed by atoms with van der Waals surface area (Å²) in [6, 6.07) is 7.41. The molecule has 0 amide bonds. The molecule has 0 aliphatic carbocycles. The predicted octanol–water partition coefficient (Wildman–Crippen LogP) is 3.39. The van der Waals surface area contributed by atoms with Gasteiger partial charge >= 0.3 is 0 Å². The molecule has 94 valence electrons. The van der Waals surface area contributed by atoms with Gasteiger partial charge in [-0.05, 0) is 49.4 Å². The lowest BCUT2D eigenvalue weighted by atomic mass is 10.2. The Balaban J connectivity index is 2.28. The van der Waals surface area contributed by atoms with Crippen LogP contribution in [0.5, 0.6) is 0 Å².